The smallest absolute Gasteiger partial charge is 0.308 e. The molecular formula is C12H14FNO3. The van der Waals surface area contributed by atoms with E-state index in [2.05, 4.69) is 5.32 Å². The van der Waals surface area contributed by atoms with Gasteiger partial charge in [0.25, 0.3) is 0 Å². The first-order valence-electron chi connectivity index (χ1n) is 5.23. The van der Waals surface area contributed by atoms with Crippen LogP contribution in [0.3, 0.4) is 0 Å². The molecule has 1 atom stereocenters. The minimum atomic E-state index is -0.976. The lowest BCUT2D eigenvalue weighted by atomic mass is 10.1. The van der Waals surface area contributed by atoms with E-state index in [1.807, 2.05) is 0 Å². The van der Waals surface area contributed by atoms with E-state index in [1.54, 1.807) is 12.1 Å². The Kier molecular flexibility index (Phi) is 4.63. The van der Waals surface area contributed by atoms with Crippen LogP contribution >= 0.6 is 0 Å². The Bertz CT molecular complexity index is 420. The molecule has 1 amide bonds. The van der Waals surface area contributed by atoms with Crippen LogP contribution in [-0.4, -0.2) is 23.5 Å². The molecule has 0 aliphatic carbocycles. The number of halogens is 1. The number of hydrogen-bond donors (Lipinski definition) is 2. The third-order valence-corrected chi connectivity index (χ3v) is 2.34. The van der Waals surface area contributed by atoms with Gasteiger partial charge >= 0.3 is 5.97 Å². The summed E-state index contributed by atoms with van der Waals surface area (Å²) >= 11 is 0. The van der Waals surface area contributed by atoms with Gasteiger partial charge in [0.2, 0.25) is 5.91 Å². The second-order valence-electron chi connectivity index (χ2n) is 3.81. The molecule has 1 unspecified atom stereocenters. The number of carbonyl (C=O) groups excluding carboxylic acids is 1. The highest BCUT2D eigenvalue weighted by Crippen LogP contribution is 2.06. The molecule has 1 aromatic carbocycles. The van der Waals surface area contributed by atoms with E-state index in [-0.39, 0.29) is 18.9 Å². The zero-order valence-electron chi connectivity index (χ0n) is 9.44. The van der Waals surface area contributed by atoms with Gasteiger partial charge in [-0.1, -0.05) is 25.1 Å². The number of rotatable bonds is 5. The average molecular weight is 239 g/mol. The van der Waals surface area contributed by atoms with E-state index < -0.39 is 17.7 Å². The van der Waals surface area contributed by atoms with Crippen molar-refractivity contribution in [3.8, 4) is 0 Å². The third-order valence-electron chi connectivity index (χ3n) is 2.34. The van der Waals surface area contributed by atoms with Crippen molar-refractivity contribution in [2.75, 3.05) is 6.54 Å². The fourth-order valence-corrected chi connectivity index (χ4v) is 1.23. The van der Waals surface area contributed by atoms with Crippen LogP contribution in [0.15, 0.2) is 24.3 Å². The van der Waals surface area contributed by atoms with E-state index in [4.69, 9.17) is 5.11 Å². The molecule has 92 valence electrons. The van der Waals surface area contributed by atoms with Gasteiger partial charge in [0.15, 0.2) is 0 Å². The summed E-state index contributed by atoms with van der Waals surface area (Å²) in [5, 5.41) is 11.1. The topological polar surface area (TPSA) is 66.4 Å². The Balaban J connectivity index is 2.46. The van der Waals surface area contributed by atoms with E-state index >= 15 is 0 Å². The molecule has 1 rings (SSSR count). The lowest BCUT2D eigenvalue weighted by Gasteiger charge is -2.08. The number of nitrogens with one attached hydrogen (secondary N) is 1. The maximum atomic E-state index is 13.2. The summed E-state index contributed by atoms with van der Waals surface area (Å²) in [4.78, 5) is 21.9. The average Bonchev–Trinajstić information content (AvgIpc) is 2.29. The molecule has 0 bridgehead atoms. The normalized spacial score (nSPS) is 11.9. The molecule has 0 aromatic heterocycles. The van der Waals surface area contributed by atoms with Crippen LogP contribution in [0.25, 0.3) is 0 Å². The SMILES string of the molecule is CC(CNC(=O)Cc1ccccc1F)C(=O)O. The molecule has 4 nitrogen and oxygen atoms in total. The first-order chi connectivity index (χ1) is 8.00. The van der Waals surface area contributed by atoms with Crippen LogP contribution in [0, 0.1) is 11.7 Å². The molecule has 0 saturated carbocycles. The van der Waals surface area contributed by atoms with Crippen LogP contribution in [0.4, 0.5) is 4.39 Å². The largest absolute Gasteiger partial charge is 0.481 e. The molecule has 0 radical (unpaired) electrons. The zero-order chi connectivity index (χ0) is 12.8. The summed E-state index contributed by atoms with van der Waals surface area (Å²) in [6, 6.07) is 5.99. The third kappa shape index (κ3) is 4.22. The monoisotopic (exact) mass is 239 g/mol. The van der Waals surface area contributed by atoms with Crippen molar-refractivity contribution in [3.63, 3.8) is 0 Å². The summed E-state index contributed by atoms with van der Waals surface area (Å²) in [6.45, 7) is 1.54. The molecule has 0 heterocycles. The molecule has 17 heavy (non-hydrogen) atoms. The molecule has 2 N–H and O–H groups in total. The van der Waals surface area contributed by atoms with Crippen LogP contribution in [-0.2, 0) is 16.0 Å². The van der Waals surface area contributed by atoms with Gasteiger partial charge in [0, 0.05) is 6.54 Å². The van der Waals surface area contributed by atoms with Crippen molar-refractivity contribution in [1.82, 2.24) is 5.32 Å². The second kappa shape index (κ2) is 5.98. The zero-order valence-corrected chi connectivity index (χ0v) is 9.44. The van der Waals surface area contributed by atoms with Gasteiger partial charge in [-0.3, -0.25) is 9.59 Å². The Labute approximate surface area is 98.5 Å². The fraction of sp³-hybridized carbons (Fsp3) is 0.333. The molecule has 0 aliphatic rings. The van der Waals surface area contributed by atoms with Crippen molar-refractivity contribution in [1.29, 1.82) is 0 Å². The molecule has 1 aromatic rings. The summed E-state index contributed by atoms with van der Waals surface area (Å²) in [7, 11) is 0. The Hall–Kier alpha value is -1.91. The van der Waals surface area contributed by atoms with Gasteiger partial charge in [0.05, 0.1) is 12.3 Å². The van der Waals surface area contributed by atoms with Crippen molar-refractivity contribution in [2.24, 2.45) is 5.92 Å². The van der Waals surface area contributed by atoms with Gasteiger partial charge in [-0.25, -0.2) is 4.39 Å². The number of carboxylic acids is 1. The molecule has 0 aliphatic heterocycles. The number of carboxylic acid groups (broad SMARTS) is 1. The Morgan fingerprint density at radius 1 is 1.41 bits per heavy atom. The number of amides is 1. The standard InChI is InChI=1S/C12H14FNO3/c1-8(12(16)17)7-14-11(15)6-9-4-2-3-5-10(9)13/h2-5,8H,6-7H2,1H3,(H,14,15)(H,16,17). The summed E-state index contributed by atoms with van der Waals surface area (Å²) < 4.78 is 13.2. The van der Waals surface area contributed by atoms with Crippen molar-refractivity contribution in [2.45, 2.75) is 13.3 Å². The fourth-order valence-electron chi connectivity index (χ4n) is 1.23. The quantitative estimate of drug-likeness (QED) is 0.811. The number of benzene rings is 1. The lowest BCUT2D eigenvalue weighted by Crippen LogP contribution is -2.32. The minimum absolute atomic E-state index is 0.0443. The van der Waals surface area contributed by atoms with Crippen molar-refractivity contribution < 1.29 is 19.1 Å². The molecule has 0 saturated heterocycles. The molecule has 0 fully saturated rings. The summed E-state index contributed by atoms with van der Waals surface area (Å²) in [5.41, 5.74) is 0.299. The highest BCUT2D eigenvalue weighted by Gasteiger charge is 2.13. The molecule has 5 heteroatoms. The first-order valence-corrected chi connectivity index (χ1v) is 5.23. The van der Waals surface area contributed by atoms with Crippen LogP contribution in [0.2, 0.25) is 0 Å². The number of hydrogen-bond acceptors (Lipinski definition) is 2. The van der Waals surface area contributed by atoms with Crippen molar-refractivity contribution >= 4 is 11.9 Å². The second-order valence-corrected chi connectivity index (χ2v) is 3.81. The number of carbonyl (C=O) groups is 2. The predicted octanol–water partition coefficient (Wildman–Crippen LogP) is 1.21. The van der Waals surface area contributed by atoms with Crippen LogP contribution in [0.1, 0.15) is 12.5 Å². The highest BCUT2D eigenvalue weighted by molar-refractivity contribution is 5.79. The maximum Gasteiger partial charge on any atom is 0.308 e. The lowest BCUT2D eigenvalue weighted by molar-refractivity contribution is -0.141. The first kappa shape index (κ1) is 13.2. The van der Waals surface area contributed by atoms with Gasteiger partial charge < -0.3 is 10.4 Å². The van der Waals surface area contributed by atoms with Gasteiger partial charge in [-0.2, -0.15) is 0 Å². The summed E-state index contributed by atoms with van der Waals surface area (Å²) in [5.74, 6) is -2.45. The van der Waals surface area contributed by atoms with E-state index in [0.717, 1.165) is 0 Å². The maximum absolute atomic E-state index is 13.2. The van der Waals surface area contributed by atoms with E-state index in [9.17, 15) is 14.0 Å². The number of aliphatic carboxylic acids is 1. The van der Waals surface area contributed by atoms with Gasteiger partial charge in [-0.05, 0) is 11.6 Å². The Morgan fingerprint density at radius 3 is 2.65 bits per heavy atom. The van der Waals surface area contributed by atoms with Gasteiger partial charge in [0.1, 0.15) is 5.82 Å². The minimum Gasteiger partial charge on any atom is -0.481 e. The molecule has 0 spiro atoms. The van der Waals surface area contributed by atoms with Crippen LogP contribution in [0.5, 0.6) is 0 Å². The Morgan fingerprint density at radius 2 is 2.06 bits per heavy atom. The van der Waals surface area contributed by atoms with Gasteiger partial charge in [-0.15, -0.1) is 0 Å². The predicted molar refractivity (Wildman–Crippen MR) is 59.9 cm³/mol. The molecular weight excluding hydrogens is 225 g/mol. The van der Waals surface area contributed by atoms with E-state index in [0.29, 0.717) is 5.56 Å². The highest BCUT2D eigenvalue weighted by atomic mass is 19.1. The van der Waals surface area contributed by atoms with E-state index in [1.165, 1.54) is 19.1 Å². The van der Waals surface area contributed by atoms with Crippen molar-refractivity contribution in [3.05, 3.63) is 35.6 Å². The summed E-state index contributed by atoms with van der Waals surface area (Å²) in [6.07, 6.45) is -0.0843. The van der Waals surface area contributed by atoms with Crippen LogP contribution < -0.4 is 5.32 Å².